The summed E-state index contributed by atoms with van der Waals surface area (Å²) in [5.74, 6) is 0.953. The Hall–Kier alpha value is -2.24. The van der Waals surface area contributed by atoms with E-state index in [-0.39, 0.29) is 6.09 Å². The van der Waals surface area contributed by atoms with Crippen molar-refractivity contribution in [3.63, 3.8) is 0 Å². The normalized spacial score (nSPS) is 16.6. The lowest BCUT2D eigenvalue weighted by atomic mass is 9.89. The highest BCUT2D eigenvalue weighted by molar-refractivity contribution is 5.88. The lowest BCUT2D eigenvalue weighted by molar-refractivity contribution is 0.0205. The molecule has 3 rings (SSSR count). The Labute approximate surface area is 142 Å². The first kappa shape index (κ1) is 16.6. The van der Waals surface area contributed by atoms with E-state index in [1.165, 1.54) is 0 Å². The van der Waals surface area contributed by atoms with Gasteiger partial charge >= 0.3 is 6.09 Å². The molecule has 0 spiro atoms. The van der Waals surface area contributed by atoms with Gasteiger partial charge in [0.1, 0.15) is 11.1 Å². The molecule has 0 bridgehead atoms. The summed E-state index contributed by atoms with van der Waals surface area (Å²) in [5.41, 5.74) is 8.81. The van der Waals surface area contributed by atoms with Gasteiger partial charge in [0.15, 0.2) is 11.5 Å². The van der Waals surface area contributed by atoms with E-state index in [2.05, 4.69) is 4.98 Å². The molecule has 1 aliphatic heterocycles. The van der Waals surface area contributed by atoms with Crippen molar-refractivity contribution in [1.29, 1.82) is 0 Å². The van der Waals surface area contributed by atoms with E-state index in [4.69, 9.17) is 14.9 Å². The summed E-state index contributed by atoms with van der Waals surface area (Å²) < 4.78 is 11.2. The van der Waals surface area contributed by atoms with Crippen LogP contribution in [-0.4, -0.2) is 34.7 Å². The van der Waals surface area contributed by atoms with Crippen molar-refractivity contribution in [2.45, 2.75) is 52.1 Å². The number of rotatable bonds is 1. The van der Waals surface area contributed by atoms with Gasteiger partial charge in [-0.3, -0.25) is 0 Å². The van der Waals surface area contributed by atoms with Crippen molar-refractivity contribution in [2.75, 3.05) is 18.8 Å². The first-order chi connectivity index (χ1) is 11.2. The average molecular weight is 331 g/mol. The summed E-state index contributed by atoms with van der Waals surface area (Å²) in [4.78, 5) is 18.3. The number of hydrogen-bond acceptors (Lipinski definition) is 5. The van der Waals surface area contributed by atoms with Gasteiger partial charge < -0.3 is 19.8 Å². The predicted molar refractivity (Wildman–Crippen MR) is 92.9 cm³/mol. The fraction of sp³-hybridized carbons (Fsp3) is 0.556. The lowest BCUT2D eigenvalue weighted by Crippen LogP contribution is -2.41. The third-order valence-corrected chi connectivity index (χ3v) is 4.30. The Morgan fingerprint density at radius 3 is 2.62 bits per heavy atom. The van der Waals surface area contributed by atoms with Gasteiger partial charge in [0, 0.05) is 25.6 Å². The van der Waals surface area contributed by atoms with E-state index in [0.29, 0.717) is 30.6 Å². The van der Waals surface area contributed by atoms with Crippen LogP contribution in [-0.2, 0) is 4.74 Å². The van der Waals surface area contributed by atoms with Gasteiger partial charge in [-0.15, -0.1) is 0 Å². The molecule has 0 aliphatic carbocycles. The van der Waals surface area contributed by atoms with Crippen molar-refractivity contribution >= 4 is 22.9 Å². The minimum Gasteiger partial charge on any atom is -0.444 e. The van der Waals surface area contributed by atoms with Crippen molar-refractivity contribution in [2.24, 2.45) is 0 Å². The summed E-state index contributed by atoms with van der Waals surface area (Å²) in [6, 6.07) is 3.91. The van der Waals surface area contributed by atoms with Gasteiger partial charge in [0.05, 0.1) is 5.69 Å². The smallest absolute Gasteiger partial charge is 0.410 e. The summed E-state index contributed by atoms with van der Waals surface area (Å²) in [6.07, 6.45) is 1.51. The Bertz CT molecular complexity index is 753. The van der Waals surface area contributed by atoms with E-state index in [9.17, 15) is 4.79 Å². The van der Waals surface area contributed by atoms with Crippen LogP contribution in [0.2, 0.25) is 0 Å². The fourth-order valence-electron chi connectivity index (χ4n) is 3.17. The number of hydrogen-bond donors (Lipinski definition) is 1. The number of anilines is 1. The van der Waals surface area contributed by atoms with Gasteiger partial charge in [0.25, 0.3) is 0 Å². The van der Waals surface area contributed by atoms with E-state index in [1.807, 2.05) is 39.8 Å². The van der Waals surface area contributed by atoms with Crippen LogP contribution in [0.3, 0.4) is 0 Å². The van der Waals surface area contributed by atoms with E-state index in [0.717, 1.165) is 29.5 Å². The van der Waals surface area contributed by atoms with Crippen LogP contribution in [0.4, 0.5) is 10.5 Å². The van der Waals surface area contributed by atoms with Crippen LogP contribution in [0.15, 0.2) is 16.5 Å². The number of oxazole rings is 1. The summed E-state index contributed by atoms with van der Waals surface area (Å²) >= 11 is 0. The number of ether oxygens (including phenoxy) is 1. The highest BCUT2D eigenvalue weighted by atomic mass is 16.6. The second kappa shape index (κ2) is 6.00. The van der Waals surface area contributed by atoms with Crippen molar-refractivity contribution in [3.05, 3.63) is 23.6 Å². The Kier molecular flexibility index (Phi) is 4.15. The van der Waals surface area contributed by atoms with Gasteiger partial charge in [-0.1, -0.05) is 6.07 Å². The van der Waals surface area contributed by atoms with Gasteiger partial charge in [0.2, 0.25) is 0 Å². The van der Waals surface area contributed by atoms with Gasteiger partial charge in [-0.2, -0.15) is 0 Å². The lowest BCUT2D eigenvalue weighted by Gasteiger charge is -2.33. The molecule has 0 radical (unpaired) electrons. The molecule has 0 unspecified atom stereocenters. The number of amides is 1. The third kappa shape index (κ3) is 3.32. The molecular formula is C18H25N3O3. The van der Waals surface area contributed by atoms with Crippen LogP contribution in [0.5, 0.6) is 0 Å². The molecule has 1 amide bonds. The number of fused-ring (bicyclic) bond motifs is 1. The quantitative estimate of drug-likeness (QED) is 0.803. The molecule has 24 heavy (non-hydrogen) atoms. The highest BCUT2D eigenvalue weighted by Crippen LogP contribution is 2.35. The second-order valence-corrected chi connectivity index (χ2v) is 7.40. The maximum atomic E-state index is 12.2. The van der Waals surface area contributed by atoms with Crippen molar-refractivity contribution in [3.8, 4) is 0 Å². The topological polar surface area (TPSA) is 81.6 Å². The minimum atomic E-state index is -0.464. The van der Waals surface area contributed by atoms with E-state index < -0.39 is 5.60 Å². The number of carbonyl (C=O) groups excluding carboxylic acids is 1. The first-order valence-corrected chi connectivity index (χ1v) is 8.38. The molecule has 2 heterocycles. The second-order valence-electron chi connectivity index (χ2n) is 7.40. The highest BCUT2D eigenvalue weighted by Gasteiger charge is 2.29. The third-order valence-electron chi connectivity index (χ3n) is 4.30. The maximum absolute atomic E-state index is 12.2. The number of aryl methyl sites for hydroxylation is 1. The van der Waals surface area contributed by atoms with Crippen molar-refractivity contribution < 1.29 is 13.9 Å². The van der Waals surface area contributed by atoms with Crippen LogP contribution >= 0.6 is 0 Å². The summed E-state index contributed by atoms with van der Waals surface area (Å²) in [6.45, 7) is 8.84. The molecule has 1 aromatic carbocycles. The molecule has 0 saturated carbocycles. The van der Waals surface area contributed by atoms with Crippen LogP contribution in [0, 0.1) is 6.92 Å². The number of nitrogen functional groups attached to an aromatic ring is 1. The SMILES string of the molecule is Cc1nc2c(N)ccc(C3CCN(C(=O)OC(C)(C)C)CC3)c2o1. The molecule has 1 aliphatic rings. The van der Waals surface area contributed by atoms with Crippen LogP contribution < -0.4 is 5.73 Å². The number of aromatic nitrogens is 1. The molecule has 6 heteroatoms. The number of carbonyl (C=O) groups is 1. The average Bonchev–Trinajstić information content (AvgIpc) is 2.88. The monoisotopic (exact) mass is 331 g/mol. The number of nitrogens with two attached hydrogens (primary N) is 1. The molecule has 1 aromatic heterocycles. The predicted octanol–water partition coefficient (Wildman–Crippen LogP) is 3.83. The molecule has 2 aromatic rings. The Morgan fingerprint density at radius 2 is 2.00 bits per heavy atom. The molecule has 2 N–H and O–H groups in total. The number of likely N-dealkylation sites (tertiary alicyclic amines) is 1. The summed E-state index contributed by atoms with van der Waals surface area (Å²) in [5, 5.41) is 0. The Morgan fingerprint density at radius 1 is 1.33 bits per heavy atom. The molecule has 130 valence electrons. The fourth-order valence-corrected chi connectivity index (χ4v) is 3.17. The van der Waals surface area contributed by atoms with Crippen LogP contribution in [0.1, 0.15) is 51.0 Å². The van der Waals surface area contributed by atoms with Crippen LogP contribution in [0.25, 0.3) is 11.1 Å². The van der Waals surface area contributed by atoms with Crippen molar-refractivity contribution in [1.82, 2.24) is 9.88 Å². The molecule has 6 nitrogen and oxygen atoms in total. The zero-order chi connectivity index (χ0) is 17.5. The summed E-state index contributed by atoms with van der Waals surface area (Å²) in [7, 11) is 0. The number of nitrogens with zero attached hydrogens (tertiary/aromatic N) is 2. The van der Waals surface area contributed by atoms with Gasteiger partial charge in [-0.05, 0) is 45.6 Å². The molecule has 1 saturated heterocycles. The zero-order valence-electron chi connectivity index (χ0n) is 14.8. The molecule has 1 fully saturated rings. The maximum Gasteiger partial charge on any atom is 0.410 e. The first-order valence-electron chi connectivity index (χ1n) is 8.38. The Balaban J connectivity index is 1.74. The zero-order valence-corrected chi connectivity index (χ0v) is 14.8. The largest absolute Gasteiger partial charge is 0.444 e. The minimum absolute atomic E-state index is 0.237. The standard InChI is InChI=1S/C18H25N3O3/c1-11-20-15-14(19)6-5-13(16(15)23-11)12-7-9-21(10-8-12)17(22)24-18(2,3)4/h5-6,12H,7-10,19H2,1-4H3. The van der Waals surface area contributed by atoms with Gasteiger partial charge in [-0.25, -0.2) is 9.78 Å². The van der Waals surface area contributed by atoms with E-state index in [1.54, 1.807) is 4.90 Å². The molecule has 0 atom stereocenters. The van der Waals surface area contributed by atoms with E-state index >= 15 is 0 Å². The molecular weight excluding hydrogens is 306 g/mol. The number of benzene rings is 1. The number of piperidine rings is 1.